The molecule has 0 aromatic carbocycles. The smallest absolute Gasteiger partial charge is 0.0372 e. The van der Waals surface area contributed by atoms with E-state index in [1.165, 1.54) is 38.0 Å². The lowest BCUT2D eigenvalue weighted by atomic mass is 10.1. The van der Waals surface area contributed by atoms with Gasteiger partial charge in [0.25, 0.3) is 0 Å². The van der Waals surface area contributed by atoms with Gasteiger partial charge in [-0.3, -0.25) is 9.88 Å². The quantitative estimate of drug-likeness (QED) is 0.781. The van der Waals surface area contributed by atoms with Gasteiger partial charge in [-0.1, -0.05) is 13.0 Å². The second-order valence-electron chi connectivity index (χ2n) is 5.40. The molecular weight excluding hydrogens is 222 g/mol. The SMILES string of the molecule is CCCNCC1CCN(Cc2ccc(C)nc2)C1. The van der Waals surface area contributed by atoms with Crippen LogP contribution in [0.25, 0.3) is 0 Å². The summed E-state index contributed by atoms with van der Waals surface area (Å²) >= 11 is 0. The molecule has 2 heterocycles. The molecule has 100 valence electrons. The third-order valence-electron chi connectivity index (χ3n) is 3.61. The van der Waals surface area contributed by atoms with E-state index in [1.807, 2.05) is 13.1 Å². The van der Waals surface area contributed by atoms with Gasteiger partial charge in [-0.25, -0.2) is 0 Å². The van der Waals surface area contributed by atoms with E-state index < -0.39 is 0 Å². The highest BCUT2D eigenvalue weighted by Gasteiger charge is 2.21. The molecule has 1 fully saturated rings. The summed E-state index contributed by atoms with van der Waals surface area (Å²) in [4.78, 5) is 6.91. The fraction of sp³-hybridized carbons (Fsp3) is 0.667. The van der Waals surface area contributed by atoms with Crippen molar-refractivity contribution < 1.29 is 0 Å². The topological polar surface area (TPSA) is 28.2 Å². The van der Waals surface area contributed by atoms with E-state index in [0.29, 0.717) is 0 Å². The summed E-state index contributed by atoms with van der Waals surface area (Å²) in [5, 5.41) is 3.53. The van der Waals surface area contributed by atoms with Crippen LogP contribution in [0.5, 0.6) is 0 Å². The van der Waals surface area contributed by atoms with Crippen molar-refractivity contribution in [1.29, 1.82) is 0 Å². The van der Waals surface area contributed by atoms with Crippen molar-refractivity contribution in [3.63, 3.8) is 0 Å². The number of aryl methyl sites for hydroxylation is 1. The summed E-state index contributed by atoms with van der Waals surface area (Å²) < 4.78 is 0. The van der Waals surface area contributed by atoms with Crippen molar-refractivity contribution in [2.24, 2.45) is 5.92 Å². The van der Waals surface area contributed by atoms with E-state index in [0.717, 1.165) is 24.7 Å². The van der Waals surface area contributed by atoms with Crippen LogP contribution in [-0.2, 0) is 6.54 Å². The summed E-state index contributed by atoms with van der Waals surface area (Å²) in [5.41, 5.74) is 2.43. The summed E-state index contributed by atoms with van der Waals surface area (Å²) in [5.74, 6) is 0.829. The molecule has 1 unspecified atom stereocenters. The highest BCUT2D eigenvalue weighted by Crippen LogP contribution is 2.17. The number of pyridine rings is 1. The molecule has 1 N–H and O–H groups in total. The minimum Gasteiger partial charge on any atom is -0.316 e. The minimum atomic E-state index is 0.829. The molecule has 1 aliphatic heterocycles. The summed E-state index contributed by atoms with van der Waals surface area (Å²) in [7, 11) is 0. The van der Waals surface area contributed by atoms with Crippen LogP contribution in [0.2, 0.25) is 0 Å². The first kappa shape index (κ1) is 13.5. The summed E-state index contributed by atoms with van der Waals surface area (Å²) in [6.07, 6.45) is 4.57. The van der Waals surface area contributed by atoms with Gasteiger partial charge in [0.05, 0.1) is 0 Å². The zero-order chi connectivity index (χ0) is 12.8. The van der Waals surface area contributed by atoms with Gasteiger partial charge in [-0.05, 0) is 56.9 Å². The van der Waals surface area contributed by atoms with Crippen LogP contribution in [0.1, 0.15) is 31.0 Å². The van der Waals surface area contributed by atoms with Crippen LogP contribution in [0.15, 0.2) is 18.3 Å². The van der Waals surface area contributed by atoms with E-state index in [2.05, 4.69) is 34.3 Å². The number of likely N-dealkylation sites (tertiary alicyclic amines) is 1. The van der Waals surface area contributed by atoms with Gasteiger partial charge in [-0.15, -0.1) is 0 Å². The highest BCUT2D eigenvalue weighted by atomic mass is 15.1. The van der Waals surface area contributed by atoms with Crippen LogP contribution in [0, 0.1) is 12.8 Å². The Labute approximate surface area is 111 Å². The fourth-order valence-corrected chi connectivity index (χ4v) is 2.56. The maximum Gasteiger partial charge on any atom is 0.0372 e. The lowest BCUT2D eigenvalue weighted by Crippen LogP contribution is -2.26. The van der Waals surface area contributed by atoms with Gasteiger partial charge in [0.1, 0.15) is 0 Å². The maximum atomic E-state index is 4.36. The van der Waals surface area contributed by atoms with Crippen LogP contribution < -0.4 is 5.32 Å². The monoisotopic (exact) mass is 247 g/mol. The Bertz CT molecular complexity index is 347. The summed E-state index contributed by atoms with van der Waals surface area (Å²) in [6.45, 7) is 10.1. The number of nitrogens with zero attached hydrogens (tertiary/aromatic N) is 2. The molecule has 1 saturated heterocycles. The van der Waals surface area contributed by atoms with Crippen LogP contribution in [0.3, 0.4) is 0 Å². The Morgan fingerprint density at radius 2 is 2.33 bits per heavy atom. The zero-order valence-electron chi connectivity index (χ0n) is 11.7. The standard InChI is InChI=1S/C15H25N3/c1-3-7-16-9-15-6-8-18(12-15)11-14-5-4-13(2)17-10-14/h4-5,10,15-16H,3,6-9,11-12H2,1-2H3. The van der Waals surface area contributed by atoms with Gasteiger partial charge < -0.3 is 5.32 Å². The molecule has 1 aromatic rings. The second kappa shape index (κ2) is 6.86. The third kappa shape index (κ3) is 4.07. The van der Waals surface area contributed by atoms with E-state index >= 15 is 0 Å². The largest absolute Gasteiger partial charge is 0.316 e. The number of aromatic nitrogens is 1. The molecule has 0 amide bonds. The molecule has 3 nitrogen and oxygen atoms in total. The zero-order valence-corrected chi connectivity index (χ0v) is 11.7. The van der Waals surface area contributed by atoms with E-state index in [4.69, 9.17) is 0 Å². The molecule has 0 radical (unpaired) electrons. The molecule has 1 atom stereocenters. The van der Waals surface area contributed by atoms with Crippen molar-refractivity contribution >= 4 is 0 Å². The average molecular weight is 247 g/mol. The van der Waals surface area contributed by atoms with Crippen LogP contribution in [0.4, 0.5) is 0 Å². The Kier molecular flexibility index (Phi) is 5.14. The summed E-state index contributed by atoms with van der Waals surface area (Å²) in [6, 6.07) is 4.30. The molecule has 0 spiro atoms. The molecule has 18 heavy (non-hydrogen) atoms. The molecule has 3 heteroatoms. The number of rotatable bonds is 6. The van der Waals surface area contributed by atoms with E-state index in [-0.39, 0.29) is 0 Å². The average Bonchev–Trinajstić information content (AvgIpc) is 2.80. The first-order chi connectivity index (χ1) is 8.78. The Morgan fingerprint density at radius 1 is 1.44 bits per heavy atom. The molecule has 0 bridgehead atoms. The fourth-order valence-electron chi connectivity index (χ4n) is 2.56. The van der Waals surface area contributed by atoms with Crippen LogP contribution in [-0.4, -0.2) is 36.1 Å². The normalized spacial score (nSPS) is 20.4. The lowest BCUT2D eigenvalue weighted by molar-refractivity contribution is 0.314. The molecule has 1 aliphatic rings. The van der Waals surface area contributed by atoms with Crippen molar-refractivity contribution in [3.8, 4) is 0 Å². The maximum absolute atomic E-state index is 4.36. The molecular formula is C15H25N3. The predicted molar refractivity (Wildman–Crippen MR) is 75.5 cm³/mol. The minimum absolute atomic E-state index is 0.829. The molecule has 0 saturated carbocycles. The Balaban J connectivity index is 1.73. The first-order valence-electron chi connectivity index (χ1n) is 7.12. The van der Waals surface area contributed by atoms with Crippen molar-refractivity contribution in [1.82, 2.24) is 15.2 Å². The molecule has 1 aromatic heterocycles. The number of hydrogen-bond acceptors (Lipinski definition) is 3. The second-order valence-corrected chi connectivity index (χ2v) is 5.40. The Hall–Kier alpha value is -0.930. The van der Waals surface area contributed by atoms with Crippen molar-refractivity contribution in [2.45, 2.75) is 33.2 Å². The van der Waals surface area contributed by atoms with Gasteiger partial charge >= 0.3 is 0 Å². The van der Waals surface area contributed by atoms with E-state index in [1.54, 1.807) is 0 Å². The van der Waals surface area contributed by atoms with Gasteiger partial charge in [0.2, 0.25) is 0 Å². The first-order valence-corrected chi connectivity index (χ1v) is 7.12. The third-order valence-corrected chi connectivity index (χ3v) is 3.61. The van der Waals surface area contributed by atoms with Gasteiger partial charge in [-0.2, -0.15) is 0 Å². The number of hydrogen-bond donors (Lipinski definition) is 1. The predicted octanol–water partition coefficient (Wildman–Crippen LogP) is 2.21. The number of nitrogens with one attached hydrogen (secondary N) is 1. The highest BCUT2D eigenvalue weighted by molar-refractivity contribution is 5.13. The molecule has 0 aliphatic carbocycles. The van der Waals surface area contributed by atoms with Crippen molar-refractivity contribution in [3.05, 3.63) is 29.6 Å². The van der Waals surface area contributed by atoms with Crippen molar-refractivity contribution in [2.75, 3.05) is 26.2 Å². The molecule has 2 rings (SSSR count). The van der Waals surface area contributed by atoms with Gasteiger partial charge in [0, 0.05) is 25.0 Å². The Morgan fingerprint density at radius 3 is 3.06 bits per heavy atom. The van der Waals surface area contributed by atoms with Gasteiger partial charge in [0.15, 0.2) is 0 Å². The van der Waals surface area contributed by atoms with E-state index in [9.17, 15) is 0 Å². The van der Waals surface area contributed by atoms with Crippen LogP contribution >= 0.6 is 0 Å². The lowest BCUT2D eigenvalue weighted by Gasteiger charge is -2.16.